The van der Waals surface area contributed by atoms with Crippen molar-refractivity contribution in [2.24, 2.45) is 0 Å². The lowest BCUT2D eigenvalue weighted by Gasteiger charge is -2.09. The van der Waals surface area contributed by atoms with Gasteiger partial charge in [0.2, 0.25) is 0 Å². The van der Waals surface area contributed by atoms with Crippen LogP contribution in [0, 0.1) is 11.6 Å². The number of benzene rings is 1. The van der Waals surface area contributed by atoms with Gasteiger partial charge in [-0.1, -0.05) is 18.2 Å². The predicted octanol–water partition coefficient (Wildman–Crippen LogP) is 3.30. The third-order valence-corrected chi connectivity index (χ3v) is 3.29. The van der Waals surface area contributed by atoms with Crippen molar-refractivity contribution in [1.82, 2.24) is 0 Å². The Morgan fingerprint density at radius 3 is 2.69 bits per heavy atom. The van der Waals surface area contributed by atoms with Crippen LogP contribution in [0.2, 0.25) is 0 Å². The van der Waals surface area contributed by atoms with Gasteiger partial charge in [0.1, 0.15) is 0 Å². The van der Waals surface area contributed by atoms with Crippen LogP contribution in [0.15, 0.2) is 35.7 Å². The van der Waals surface area contributed by atoms with E-state index in [0.717, 1.165) is 10.9 Å². The normalized spacial score (nSPS) is 12.7. The average Bonchev–Trinajstić information content (AvgIpc) is 2.78. The molecular weight excluding hydrogens is 230 g/mol. The molecule has 0 amide bonds. The quantitative estimate of drug-likeness (QED) is 0.872. The minimum absolute atomic E-state index is 0.0874. The van der Waals surface area contributed by atoms with Crippen LogP contribution in [0.5, 0.6) is 0 Å². The van der Waals surface area contributed by atoms with Crippen molar-refractivity contribution in [3.63, 3.8) is 0 Å². The molecule has 1 N–H and O–H groups in total. The first-order chi connectivity index (χ1) is 7.68. The van der Waals surface area contributed by atoms with Gasteiger partial charge in [0.15, 0.2) is 11.6 Å². The standard InChI is InChI=1S/C12H10F2OS/c13-9-4-1-3-8(12(9)14)7-10(15)11-5-2-6-16-11/h1-6,10,15H,7H2. The van der Waals surface area contributed by atoms with Crippen molar-refractivity contribution in [2.75, 3.05) is 0 Å². The Morgan fingerprint density at radius 1 is 1.19 bits per heavy atom. The van der Waals surface area contributed by atoms with E-state index < -0.39 is 17.7 Å². The van der Waals surface area contributed by atoms with E-state index in [1.807, 2.05) is 11.4 Å². The number of hydrogen-bond acceptors (Lipinski definition) is 2. The second-order valence-corrected chi connectivity index (χ2v) is 4.43. The maximum Gasteiger partial charge on any atom is 0.162 e. The predicted molar refractivity (Wildman–Crippen MR) is 59.3 cm³/mol. The lowest BCUT2D eigenvalue weighted by atomic mass is 10.1. The van der Waals surface area contributed by atoms with Crippen LogP contribution in [0.1, 0.15) is 16.5 Å². The van der Waals surface area contributed by atoms with Gasteiger partial charge in [0.05, 0.1) is 6.10 Å². The lowest BCUT2D eigenvalue weighted by Crippen LogP contribution is -2.02. The molecule has 1 aromatic carbocycles. The summed E-state index contributed by atoms with van der Waals surface area (Å²) >= 11 is 1.39. The van der Waals surface area contributed by atoms with E-state index in [2.05, 4.69) is 0 Å². The monoisotopic (exact) mass is 240 g/mol. The molecular formula is C12H10F2OS. The summed E-state index contributed by atoms with van der Waals surface area (Å²) in [6.45, 7) is 0. The molecule has 2 aromatic rings. The highest BCUT2D eigenvalue weighted by molar-refractivity contribution is 7.10. The second-order valence-electron chi connectivity index (χ2n) is 3.45. The summed E-state index contributed by atoms with van der Waals surface area (Å²) in [4.78, 5) is 0.753. The Bertz CT molecular complexity index is 468. The molecule has 2 rings (SSSR count). The Hall–Kier alpha value is -1.26. The summed E-state index contributed by atoms with van der Waals surface area (Å²) in [5.41, 5.74) is 0.195. The zero-order valence-corrected chi connectivity index (χ0v) is 9.18. The Morgan fingerprint density at radius 2 is 2.00 bits per heavy atom. The van der Waals surface area contributed by atoms with Gasteiger partial charge < -0.3 is 5.11 Å². The van der Waals surface area contributed by atoms with Crippen molar-refractivity contribution in [3.05, 3.63) is 57.8 Å². The van der Waals surface area contributed by atoms with Gasteiger partial charge in [0, 0.05) is 11.3 Å². The van der Waals surface area contributed by atoms with Gasteiger partial charge in [-0.25, -0.2) is 8.78 Å². The zero-order valence-electron chi connectivity index (χ0n) is 8.36. The van der Waals surface area contributed by atoms with Crippen LogP contribution < -0.4 is 0 Å². The van der Waals surface area contributed by atoms with Gasteiger partial charge in [-0.15, -0.1) is 11.3 Å². The van der Waals surface area contributed by atoms with Gasteiger partial charge in [-0.05, 0) is 23.1 Å². The SMILES string of the molecule is OC(Cc1cccc(F)c1F)c1cccs1. The van der Waals surface area contributed by atoms with Gasteiger partial charge in [0.25, 0.3) is 0 Å². The highest BCUT2D eigenvalue weighted by Crippen LogP contribution is 2.24. The molecule has 0 aliphatic rings. The van der Waals surface area contributed by atoms with Gasteiger partial charge >= 0.3 is 0 Å². The van der Waals surface area contributed by atoms with Crippen LogP contribution in [-0.4, -0.2) is 5.11 Å². The minimum atomic E-state index is -0.879. The molecule has 0 aliphatic heterocycles. The first-order valence-electron chi connectivity index (χ1n) is 4.83. The van der Waals surface area contributed by atoms with E-state index in [1.54, 1.807) is 6.07 Å². The summed E-state index contributed by atoms with van der Waals surface area (Å²) in [7, 11) is 0. The molecule has 0 radical (unpaired) electrons. The summed E-state index contributed by atoms with van der Waals surface area (Å²) in [6, 6.07) is 7.57. The highest BCUT2D eigenvalue weighted by atomic mass is 32.1. The van der Waals surface area contributed by atoms with E-state index in [-0.39, 0.29) is 12.0 Å². The van der Waals surface area contributed by atoms with Crippen molar-refractivity contribution < 1.29 is 13.9 Å². The number of halogens is 2. The highest BCUT2D eigenvalue weighted by Gasteiger charge is 2.14. The van der Waals surface area contributed by atoms with Crippen molar-refractivity contribution >= 4 is 11.3 Å². The topological polar surface area (TPSA) is 20.2 Å². The molecule has 0 saturated carbocycles. The van der Waals surface area contributed by atoms with Crippen LogP contribution >= 0.6 is 11.3 Å². The molecule has 1 nitrogen and oxygen atoms in total. The van der Waals surface area contributed by atoms with E-state index >= 15 is 0 Å². The molecule has 4 heteroatoms. The average molecular weight is 240 g/mol. The van der Waals surface area contributed by atoms with Crippen LogP contribution in [0.3, 0.4) is 0 Å². The number of aliphatic hydroxyl groups excluding tert-OH is 1. The van der Waals surface area contributed by atoms with E-state index in [0.29, 0.717) is 0 Å². The number of hydrogen-bond donors (Lipinski definition) is 1. The molecule has 0 spiro atoms. The molecule has 1 heterocycles. The molecule has 84 valence electrons. The molecule has 0 bridgehead atoms. The summed E-state index contributed by atoms with van der Waals surface area (Å²) in [5, 5.41) is 11.6. The molecule has 1 aromatic heterocycles. The molecule has 0 fully saturated rings. The summed E-state index contributed by atoms with van der Waals surface area (Å²) in [5.74, 6) is -1.76. The third-order valence-electron chi connectivity index (χ3n) is 2.32. The molecule has 0 aliphatic carbocycles. The fourth-order valence-electron chi connectivity index (χ4n) is 1.50. The Balaban J connectivity index is 2.18. The van der Waals surface area contributed by atoms with E-state index in [1.165, 1.54) is 23.5 Å². The van der Waals surface area contributed by atoms with Crippen molar-refractivity contribution in [2.45, 2.75) is 12.5 Å². The van der Waals surface area contributed by atoms with Crippen LogP contribution in [0.25, 0.3) is 0 Å². The van der Waals surface area contributed by atoms with Crippen LogP contribution in [0.4, 0.5) is 8.78 Å². The fraction of sp³-hybridized carbons (Fsp3) is 0.167. The summed E-state index contributed by atoms with van der Waals surface area (Å²) < 4.78 is 26.2. The molecule has 16 heavy (non-hydrogen) atoms. The smallest absolute Gasteiger partial charge is 0.162 e. The number of rotatable bonds is 3. The number of thiophene rings is 1. The first-order valence-corrected chi connectivity index (χ1v) is 5.71. The van der Waals surface area contributed by atoms with Crippen molar-refractivity contribution in [1.29, 1.82) is 0 Å². The molecule has 1 unspecified atom stereocenters. The van der Waals surface area contributed by atoms with E-state index in [4.69, 9.17) is 0 Å². The van der Waals surface area contributed by atoms with E-state index in [9.17, 15) is 13.9 Å². The molecule has 0 saturated heterocycles. The Kier molecular flexibility index (Phi) is 3.31. The van der Waals surface area contributed by atoms with Gasteiger partial charge in [-0.3, -0.25) is 0 Å². The third kappa shape index (κ3) is 2.28. The number of aliphatic hydroxyl groups is 1. The zero-order chi connectivity index (χ0) is 11.5. The lowest BCUT2D eigenvalue weighted by molar-refractivity contribution is 0.180. The molecule has 1 atom stereocenters. The maximum atomic E-state index is 13.3. The summed E-state index contributed by atoms with van der Waals surface area (Å²) in [6.07, 6.45) is -0.694. The second kappa shape index (κ2) is 4.72. The largest absolute Gasteiger partial charge is 0.387 e. The maximum absolute atomic E-state index is 13.3. The first kappa shape index (κ1) is 11.2. The van der Waals surface area contributed by atoms with Crippen molar-refractivity contribution in [3.8, 4) is 0 Å². The van der Waals surface area contributed by atoms with Gasteiger partial charge in [-0.2, -0.15) is 0 Å². The fourth-order valence-corrected chi connectivity index (χ4v) is 2.21. The minimum Gasteiger partial charge on any atom is -0.387 e. The Labute approximate surface area is 96.0 Å². The van der Waals surface area contributed by atoms with Crippen LogP contribution in [-0.2, 0) is 6.42 Å².